The Bertz CT molecular complexity index is 743. The molecule has 106 valence electrons. The van der Waals surface area contributed by atoms with Crippen molar-refractivity contribution in [2.24, 2.45) is 0 Å². The Kier molecular flexibility index (Phi) is 3.83. The van der Waals surface area contributed by atoms with Crippen LogP contribution in [0.3, 0.4) is 0 Å². The second-order valence-corrected chi connectivity index (χ2v) is 4.85. The molecule has 0 unspecified atom stereocenters. The van der Waals surface area contributed by atoms with E-state index in [4.69, 9.17) is 11.6 Å². The average Bonchev–Trinajstić information content (AvgIpc) is 3.01. The van der Waals surface area contributed by atoms with E-state index in [-0.39, 0.29) is 5.82 Å². The zero-order valence-electron chi connectivity index (χ0n) is 11.0. The van der Waals surface area contributed by atoms with Gasteiger partial charge in [0.15, 0.2) is 0 Å². The van der Waals surface area contributed by atoms with Gasteiger partial charge in [-0.2, -0.15) is 5.10 Å². The van der Waals surface area contributed by atoms with Crippen LogP contribution in [-0.2, 0) is 6.54 Å². The maximum atomic E-state index is 13.0. The molecule has 1 N–H and O–H groups in total. The van der Waals surface area contributed by atoms with Crippen molar-refractivity contribution in [2.45, 2.75) is 6.54 Å². The molecule has 1 heterocycles. The Morgan fingerprint density at radius 2 is 2.05 bits per heavy atom. The Balaban J connectivity index is 1.83. The fraction of sp³-hybridized carbons (Fsp3) is 0.0667. The Morgan fingerprint density at radius 3 is 2.81 bits per heavy atom. The van der Waals surface area contributed by atoms with Crippen molar-refractivity contribution in [3.8, 4) is 5.69 Å². The molecular formula is C15H12ClFN4. The van der Waals surface area contributed by atoms with Crippen molar-refractivity contribution in [3.05, 3.63) is 71.5 Å². The van der Waals surface area contributed by atoms with E-state index in [0.29, 0.717) is 11.6 Å². The highest BCUT2D eigenvalue weighted by atomic mass is 35.5. The van der Waals surface area contributed by atoms with Crippen LogP contribution < -0.4 is 5.32 Å². The molecule has 6 heteroatoms. The van der Waals surface area contributed by atoms with E-state index in [1.165, 1.54) is 18.5 Å². The first-order valence-corrected chi connectivity index (χ1v) is 6.73. The predicted molar refractivity (Wildman–Crippen MR) is 80.1 cm³/mol. The molecule has 0 radical (unpaired) electrons. The van der Waals surface area contributed by atoms with E-state index in [9.17, 15) is 4.39 Å². The lowest BCUT2D eigenvalue weighted by atomic mass is 10.2. The summed E-state index contributed by atoms with van der Waals surface area (Å²) in [7, 11) is 0. The van der Waals surface area contributed by atoms with Crippen molar-refractivity contribution in [3.63, 3.8) is 0 Å². The Labute approximate surface area is 126 Å². The summed E-state index contributed by atoms with van der Waals surface area (Å²) in [6.45, 7) is 0.491. The molecule has 0 fully saturated rings. The monoisotopic (exact) mass is 302 g/mol. The summed E-state index contributed by atoms with van der Waals surface area (Å²) in [6.07, 6.45) is 3.11. The van der Waals surface area contributed by atoms with Crippen LogP contribution in [0.1, 0.15) is 5.56 Å². The molecule has 0 atom stereocenters. The standard InChI is InChI=1S/C15H12ClFN4/c16-13-7-12(17)6-5-11(13)8-19-14-3-1-2-4-15(14)21-10-18-9-20-21/h1-7,9-10,19H,8H2. The largest absolute Gasteiger partial charge is 0.379 e. The van der Waals surface area contributed by atoms with Crippen LogP contribution in [-0.4, -0.2) is 14.8 Å². The number of aromatic nitrogens is 3. The van der Waals surface area contributed by atoms with Crippen LogP contribution in [0.5, 0.6) is 0 Å². The summed E-state index contributed by atoms with van der Waals surface area (Å²) in [6, 6.07) is 12.1. The number of halogens is 2. The zero-order valence-corrected chi connectivity index (χ0v) is 11.8. The summed E-state index contributed by atoms with van der Waals surface area (Å²) in [5.74, 6) is -0.341. The molecule has 3 aromatic rings. The van der Waals surface area contributed by atoms with Crippen LogP contribution in [0.15, 0.2) is 55.1 Å². The molecule has 0 amide bonds. The molecule has 4 nitrogen and oxygen atoms in total. The highest BCUT2D eigenvalue weighted by Crippen LogP contribution is 2.22. The molecule has 0 aliphatic rings. The van der Waals surface area contributed by atoms with E-state index in [1.807, 2.05) is 24.3 Å². The van der Waals surface area contributed by atoms with Crippen LogP contribution >= 0.6 is 11.6 Å². The average molecular weight is 303 g/mol. The van der Waals surface area contributed by atoms with Crippen molar-refractivity contribution >= 4 is 17.3 Å². The third kappa shape index (κ3) is 3.03. The quantitative estimate of drug-likeness (QED) is 0.799. The fourth-order valence-corrected chi connectivity index (χ4v) is 2.25. The lowest BCUT2D eigenvalue weighted by Gasteiger charge is -2.12. The number of anilines is 1. The van der Waals surface area contributed by atoms with E-state index >= 15 is 0 Å². The summed E-state index contributed by atoms with van der Waals surface area (Å²) in [5.41, 5.74) is 2.60. The molecule has 0 saturated carbocycles. The van der Waals surface area contributed by atoms with Crippen molar-refractivity contribution < 1.29 is 4.39 Å². The zero-order chi connectivity index (χ0) is 14.7. The predicted octanol–water partition coefficient (Wildman–Crippen LogP) is 3.67. The molecular weight excluding hydrogens is 291 g/mol. The van der Waals surface area contributed by atoms with Gasteiger partial charge in [-0.25, -0.2) is 14.1 Å². The Hall–Kier alpha value is -2.40. The number of hydrogen-bond acceptors (Lipinski definition) is 3. The highest BCUT2D eigenvalue weighted by Gasteiger charge is 2.06. The van der Waals surface area contributed by atoms with Gasteiger partial charge in [-0.15, -0.1) is 0 Å². The molecule has 2 aromatic carbocycles. The van der Waals surface area contributed by atoms with E-state index in [1.54, 1.807) is 17.1 Å². The first-order valence-electron chi connectivity index (χ1n) is 6.36. The maximum absolute atomic E-state index is 13.0. The minimum absolute atomic E-state index is 0.341. The molecule has 21 heavy (non-hydrogen) atoms. The van der Waals surface area contributed by atoms with Gasteiger partial charge in [-0.05, 0) is 29.8 Å². The van der Waals surface area contributed by atoms with Crippen LogP contribution in [0.25, 0.3) is 5.69 Å². The molecule has 0 saturated heterocycles. The number of benzene rings is 2. The van der Waals surface area contributed by atoms with Crippen molar-refractivity contribution in [2.75, 3.05) is 5.32 Å². The molecule has 0 spiro atoms. The van der Waals surface area contributed by atoms with Crippen molar-refractivity contribution in [1.29, 1.82) is 0 Å². The number of para-hydroxylation sites is 2. The maximum Gasteiger partial charge on any atom is 0.138 e. The van der Waals surface area contributed by atoms with E-state index < -0.39 is 0 Å². The minimum atomic E-state index is -0.341. The lowest BCUT2D eigenvalue weighted by Crippen LogP contribution is -2.05. The molecule has 0 aliphatic carbocycles. The van der Waals surface area contributed by atoms with Gasteiger partial charge in [0.05, 0.1) is 11.4 Å². The second-order valence-electron chi connectivity index (χ2n) is 4.45. The molecule has 0 bridgehead atoms. The second kappa shape index (κ2) is 5.93. The minimum Gasteiger partial charge on any atom is -0.379 e. The number of nitrogens with zero attached hydrogens (tertiary/aromatic N) is 3. The third-order valence-corrected chi connectivity index (χ3v) is 3.41. The number of hydrogen-bond donors (Lipinski definition) is 1. The lowest BCUT2D eigenvalue weighted by molar-refractivity contribution is 0.627. The number of nitrogens with one attached hydrogen (secondary N) is 1. The topological polar surface area (TPSA) is 42.7 Å². The molecule has 0 aliphatic heterocycles. The van der Waals surface area contributed by atoms with Crippen LogP contribution in [0.4, 0.5) is 10.1 Å². The summed E-state index contributed by atoms with van der Waals surface area (Å²) < 4.78 is 14.7. The van der Waals surface area contributed by atoms with E-state index in [2.05, 4.69) is 15.4 Å². The first kappa shape index (κ1) is 13.6. The summed E-state index contributed by atoms with van der Waals surface area (Å²) in [5, 5.41) is 7.81. The summed E-state index contributed by atoms with van der Waals surface area (Å²) >= 11 is 6.03. The SMILES string of the molecule is Fc1ccc(CNc2ccccc2-n2cncn2)c(Cl)c1. The summed E-state index contributed by atoms with van der Waals surface area (Å²) in [4.78, 5) is 3.94. The van der Waals surface area contributed by atoms with Crippen LogP contribution in [0.2, 0.25) is 5.02 Å². The third-order valence-electron chi connectivity index (χ3n) is 3.05. The molecule has 3 rings (SSSR count). The number of rotatable bonds is 4. The molecule has 1 aromatic heterocycles. The van der Waals surface area contributed by atoms with E-state index in [0.717, 1.165) is 16.9 Å². The van der Waals surface area contributed by atoms with Gasteiger partial charge in [-0.1, -0.05) is 29.8 Å². The van der Waals surface area contributed by atoms with Gasteiger partial charge in [0.25, 0.3) is 0 Å². The van der Waals surface area contributed by atoms with Gasteiger partial charge in [-0.3, -0.25) is 0 Å². The van der Waals surface area contributed by atoms with Crippen molar-refractivity contribution in [1.82, 2.24) is 14.8 Å². The first-order chi connectivity index (χ1) is 10.2. The van der Waals surface area contributed by atoms with Crippen LogP contribution in [0, 0.1) is 5.82 Å². The van der Waals surface area contributed by atoms with Gasteiger partial charge >= 0.3 is 0 Å². The highest BCUT2D eigenvalue weighted by molar-refractivity contribution is 6.31. The normalized spacial score (nSPS) is 10.6. The van der Waals surface area contributed by atoms with Gasteiger partial charge in [0, 0.05) is 11.6 Å². The van der Waals surface area contributed by atoms with Gasteiger partial charge in [0.1, 0.15) is 18.5 Å². The smallest absolute Gasteiger partial charge is 0.138 e. The Morgan fingerprint density at radius 1 is 1.19 bits per heavy atom. The fourth-order valence-electron chi connectivity index (χ4n) is 2.01. The van der Waals surface area contributed by atoms with Gasteiger partial charge in [0.2, 0.25) is 0 Å². The van der Waals surface area contributed by atoms with Gasteiger partial charge < -0.3 is 5.32 Å².